The van der Waals surface area contributed by atoms with Gasteiger partial charge in [-0.3, -0.25) is 4.21 Å². The molecule has 2 rings (SSSR count). The second kappa shape index (κ2) is 5.65. The van der Waals surface area contributed by atoms with Crippen molar-refractivity contribution in [3.05, 3.63) is 29.8 Å². The molecule has 1 aliphatic heterocycles. The second-order valence-electron chi connectivity index (χ2n) is 4.58. The highest BCUT2D eigenvalue weighted by Crippen LogP contribution is 2.27. The Morgan fingerprint density at radius 1 is 1.35 bits per heavy atom. The Balaban J connectivity index is 2.23. The summed E-state index contributed by atoms with van der Waals surface area (Å²) in [5.41, 5.74) is 1.11. The zero-order valence-electron chi connectivity index (χ0n) is 10.3. The maximum Gasteiger partial charge on any atom is 0.123 e. The molecule has 1 aliphatic rings. The van der Waals surface area contributed by atoms with E-state index in [-0.39, 0.29) is 6.04 Å². The van der Waals surface area contributed by atoms with Gasteiger partial charge in [-0.1, -0.05) is 25.1 Å². The Kier molecular flexibility index (Phi) is 4.18. The Bertz CT molecular complexity index is 408. The smallest absolute Gasteiger partial charge is 0.123 e. The van der Waals surface area contributed by atoms with E-state index in [4.69, 9.17) is 4.74 Å². The van der Waals surface area contributed by atoms with Crippen molar-refractivity contribution < 1.29 is 8.95 Å². The van der Waals surface area contributed by atoms with Crippen LogP contribution in [0.5, 0.6) is 5.75 Å². The lowest BCUT2D eigenvalue weighted by Crippen LogP contribution is -2.26. The number of benzene rings is 1. The third-order valence-electron chi connectivity index (χ3n) is 3.05. The second-order valence-corrected chi connectivity index (χ2v) is 6.13. The van der Waals surface area contributed by atoms with E-state index >= 15 is 0 Å². The molecule has 0 aliphatic carbocycles. The van der Waals surface area contributed by atoms with Crippen LogP contribution in [-0.2, 0) is 10.8 Å². The summed E-state index contributed by atoms with van der Waals surface area (Å²) in [4.78, 5) is 0. The fourth-order valence-corrected chi connectivity index (χ4v) is 3.74. The molecule has 0 saturated carbocycles. The quantitative estimate of drug-likeness (QED) is 0.872. The number of rotatable bonds is 2. The van der Waals surface area contributed by atoms with Crippen LogP contribution in [0.1, 0.15) is 18.5 Å². The molecule has 4 heteroatoms. The van der Waals surface area contributed by atoms with Crippen LogP contribution in [0.15, 0.2) is 24.3 Å². The molecule has 1 heterocycles. The van der Waals surface area contributed by atoms with Crippen LogP contribution in [0.3, 0.4) is 0 Å². The Hall–Kier alpha value is -0.870. The van der Waals surface area contributed by atoms with Crippen LogP contribution < -0.4 is 10.1 Å². The van der Waals surface area contributed by atoms with E-state index in [1.54, 1.807) is 7.11 Å². The fourth-order valence-electron chi connectivity index (χ4n) is 2.19. The van der Waals surface area contributed by atoms with E-state index in [0.717, 1.165) is 23.6 Å². The first-order chi connectivity index (χ1) is 8.20. The summed E-state index contributed by atoms with van der Waals surface area (Å²) in [5, 5.41) is 3.48. The van der Waals surface area contributed by atoms with Crippen molar-refractivity contribution in [1.29, 1.82) is 0 Å². The number of hydrogen-bond acceptors (Lipinski definition) is 3. The molecule has 0 spiro atoms. The van der Waals surface area contributed by atoms with E-state index in [2.05, 4.69) is 12.2 Å². The molecule has 0 bridgehead atoms. The maximum absolute atomic E-state index is 11.9. The van der Waals surface area contributed by atoms with Crippen molar-refractivity contribution in [2.24, 2.45) is 5.92 Å². The summed E-state index contributed by atoms with van der Waals surface area (Å²) in [7, 11) is 0.929. The predicted molar refractivity (Wildman–Crippen MR) is 70.8 cm³/mol. The Labute approximate surface area is 105 Å². The van der Waals surface area contributed by atoms with Gasteiger partial charge in [-0.05, 0) is 18.5 Å². The standard InChI is InChI=1S/C13H19NO2S/c1-10-7-14-12(9-17(15)8-10)11-5-3-4-6-13(11)16-2/h3-6,10,12,14H,7-9H2,1-2H3. The molecule has 17 heavy (non-hydrogen) atoms. The molecule has 3 unspecified atom stereocenters. The van der Waals surface area contributed by atoms with Crippen LogP contribution in [0.4, 0.5) is 0 Å². The van der Waals surface area contributed by atoms with Gasteiger partial charge in [0.25, 0.3) is 0 Å². The zero-order chi connectivity index (χ0) is 12.3. The van der Waals surface area contributed by atoms with E-state index < -0.39 is 10.8 Å². The van der Waals surface area contributed by atoms with Crippen molar-refractivity contribution in [1.82, 2.24) is 5.32 Å². The van der Waals surface area contributed by atoms with Crippen LogP contribution in [0.25, 0.3) is 0 Å². The van der Waals surface area contributed by atoms with Gasteiger partial charge in [-0.2, -0.15) is 0 Å². The third kappa shape index (κ3) is 3.07. The fraction of sp³-hybridized carbons (Fsp3) is 0.538. The van der Waals surface area contributed by atoms with Crippen LogP contribution in [0, 0.1) is 5.92 Å². The monoisotopic (exact) mass is 253 g/mol. The first kappa shape index (κ1) is 12.6. The summed E-state index contributed by atoms with van der Waals surface area (Å²) < 4.78 is 17.3. The van der Waals surface area contributed by atoms with Gasteiger partial charge in [-0.15, -0.1) is 0 Å². The Morgan fingerprint density at radius 2 is 2.12 bits per heavy atom. The van der Waals surface area contributed by atoms with Gasteiger partial charge >= 0.3 is 0 Å². The minimum Gasteiger partial charge on any atom is -0.496 e. The molecule has 1 fully saturated rings. The van der Waals surface area contributed by atoms with Gasteiger partial charge < -0.3 is 10.1 Å². The molecule has 1 aromatic rings. The highest BCUT2D eigenvalue weighted by atomic mass is 32.2. The molecule has 0 aromatic heterocycles. The van der Waals surface area contributed by atoms with Gasteiger partial charge in [0.2, 0.25) is 0 Å². The molecule has 94 valence electrons. The summed E-state index contributed by atoms with van der Waals surface area (Å²) in [6, 6.07) is 8.09. The van der Waals surface area contributed by atoms with Crippen LogP contribution >= 0.6 is 0 Å². The highest BCUT2D eigenvalue weighted by molar-refractivity contribution is 7.85. The molecule has 3 nitrogen and oxygen atoms in total. The van der Waals surface area contributed by atoms with E-state index in [9.17, 15) is 4.21 Å². The largest absolute Gasteiger partial charge is 0.496 e. The molecule has 0 amide bonds. The number of methoxy groups -OCH3 is 1. The average molecular weight is 253 g/mol. The van der Waals surface area contributed by atoms with Crippen molar-refractivity contribution >= 4 is 10.8 Å². The van der Waals surface area contributed by atoms with Crippen LogP contribution in [0.2, 0.25) is 0 Å². The minimum atomic E-state index is -0.747. The highest BCUT2D eigenvalue weighted by Gasteiger charge is 2.23. The van der Waals surface area contributed by atoms with E-state index in [1.165, 1.54) is 0 Å². The maximum atomic E-state index is 11.9. The van der Waals surface area contributed by atoms with Crippen LogP contribution in [-0.4, -0.2) is 29.4 Å². The molecule has 1 N–H and O–H groups in total. The first-order valence-corrected chi connectivity index (χ1v) is 7.40. The minimum absolute atomic E-state index is 0.136. The molecular weight excluding hydrogens is 234 g/mol. The molecule has 3 atom stereocenters. The molecular formula is C13H19NO2S. The Morgan fingerprint density at radius 3 is 2.88 bits per heavy atom. The number of nitrogens with one attached hydrogen (secondary N) is 1. The van der Waals surface area contributed by atoms with E-state index in [0.29, 0.717) is 11.7 Å². The van der Waals surface area contributed by atoms with Gasteiger partial charge in [0.15, 0.2) is 0 Å². The average Bonchev–Trinajstić information content (AvgIpc) is 2.50. The lowest BCUT2D eigenvalue weighted by Gasteiger charge is -2.18. The summed E-state index contributed by atoms with van der Waals surface area (Å²) in [6.07, 6.45) is 0. The molecule has 1 saturated heterocycles. The van der Waals surface area contributed by atoms with Crippen molar-refractivity contribution in [3.63, 3.8) is 0 Å². The van der Waals surface area contributed by atoms with Gasteiger partial charge in [-0.25, -0.2) is 0 Å². The molecule has 1 aromatic carbocycles. The zero-order valence-corrected chi connectivity index (χ0v) is 11.1. The lowest BCUT2D eigenvalue weighted by molar-refractivity contribution is 0.400. The first-order valence-electron chi connectivity index (χ1n) is 5.92. The third-order valence-corrected chi connectivity index (χ3v) is 4.70. The van der Waals surface area contributed by atoms with Crippen molar-refractivity contribution in [3.8, 4) is 5.75 Å². The number of hydrogen-bond donors (Lipinski definition) is 1. The molecule has 0 radical (unpaired) electrons. The lowest BCUT2D eigenvalue weighted by atomic mass is 10.1. The number of ether oxygens (including phenoxy) is 1. The van der Waals surface area contributed by atoms with Crippen molar-refractivity contribution in [2.45, 2.75) is 13.0 Å². The van der Waals surface area contributed by atoms with Crippen molar-refractivity contribution in [2.75, 3.05) is 25.2 Å². The number of para-hydroxylation sites is 1. The normalized spacial score (nSPS) is 29.6. The van der Waals surface area contributed by atoms with Gasteiger partial charge in [0.05, 0.1) is 7.11 Å². The summed E-state index contributed by atoms with van der Waals surface area (Å²) in [6.45, 7) is 3.05. The van der Waals surface area contributed by atoms with Gasteiger partial charge in [0.1, 0.15) is 5.75 Å². The summed E-state index contributed by atoms with van der Waals surface area (Å²) >= 11 is 0. The summed E-state index contributed by atoms with van der Waals surface area (Å²) in [5.74, 6) is 2.80. The van der Waals surface area contributed by atoms with E-state index in [1.807, 2.05) is 24.3 Å². The van der Waals surface area contributed by atoms with Gasteiger partial charge in [0, 0.05) is 33.9 Å². The topological polar surface area (TPSA) is 38.3 Å². The SMILES string of the molecule is COc1ccccc1C1CS(=O)CC(C)CN1. The predicted octanol–water partition coefficient (Wildman–Crippen LogP) is 1.72.